The fraction of sp³-hybridized carbons (Fsp3) is 0.389. The van der Waals surface area contributed by atoms with Crippen molar-refractivity contribution in [1.29, 1.82) is 0 Å². The summed E-state index contributed by atoms with van der Waals surface area (Å²) in [6.07, 6.45) is 2.14. The number of carbonyl (C=O) groups excluding carboxylic acids is 1. The Balaban J connectivity index is 1.74. The fourth-order valence-corrected chi connectivity index (χ4v) is 3.10. The molecule has 3 N–H and O–H groups in total. The molecule has 1 aromatic carbocycles. The largest absolute Gasteiger partial charge is 0.351 e. The molecule has 116 valence electrons. The summed E-state index contributed by atoms with van der Waals surface area (Å²) in [4.78, 5) is 17.8. The summed E-state index contributed by atoms with van der Waals surface area (Å²) < 4.78 is 0. The lowest BCUT2D eigenvalue weighted by atomic mass is 9.92. The Hall–Kier alpha value is -2.07. The molecule has 2 unspecified atom stereocenters. The fourth-order valence-electron chi connectivity index (χ4n) is 3.10. The van der Waals surface area contributed by atoms with E-state index in [2.05, 4.69) is 4.98 Å². The molecule has 1 aliphatic rings. The normalized spacial score (nSPS) is 19.9. The number of rotatable bonds is 3. The lowest BCUT2D eigenvalue weighted by molar-refractivity contribution is 0.0656. The molecule has 2 heterocycles. The number of aromatic nitrogens is 1. The van der Waals surface area contributed by atoms with Crippen LogP contribution < -0.4 is 5.73 Å². The van der Waals surface area contributed by atoms with Crippen molar-refractivity contribution in [2.45, 2.75) is 25.8 Å². The minimum atomic E-state index is 0.0764. The van der Waals surface area contributed by atoms with Crippen molar-refractivity contribution in [3.05, 3.63) is 48.2 Å². The Morgan fingerprint density at radius 1 is 1.27 bits per heavy atom. The quantitative estimate of drug-likeness (QED) is 0.915. The van der Waals surface area contributed by atoms with Crippen LogP contribution >= 0.6 is 0 Å². The molecule has 3 rings (SSSR count). The van der Waals surface area contributed by atoms with E-state index >= 15 is 0 Å². The first kappa shape index (κ1) is 14.9. The van der Waals surface area contributed by atoms with Gasteiger partial charge in [-0.1, -0.05) is 30.3 Å². The maximum atomic E-state index is 12.7. The van der Waals surface area contributed by atoms with Crippen LogP contribution in [0.3, 0.4) is 0 Å². The number of nitrogens with zero attached hydrogens (tertiary/aromatic N) is 1. The van der Waals surface area contributed by atoms with Crippen LogP contribution in [-0.2, 0) is 0 Å². The van der Waals surface area contributed by atoms with E-state index in [1.165, 1.54) is 0 Å². The molecule has 1 amide bonds. The van der Waals surface area contributed by atoms with Crippen LogP contribution in [0.15, 0.2) is 42.5 Å². The predicted molar refractivity (Wildman–Crippen MR) is 88.5 cm³/mol. The van der Waals surface area contributed by atoms with Crippen LogP contribution in [0.4, 0.5) is 0 Å². The van der Waals surface area contributed by atoms with E-state index in [0.717, 1.165) is 37.2 Å². The third-order valence-electron chi connectivity index (χ3n) is 4.49. The van der Waals surface area contributed by atoms with E-state index in [4.69, 9.17) is 5.73 Å². The van der Waals surface area contributed by atoms with Gasteiger partial charge in [-0.15, -0.1) is 0 Å². The van der Waals surface area contributed by atoms with Crippen molar-refractivity contribution in [1.82, 2.24) is 9.88 Å². The smallest absolute Gasteiger partial charge is 0.270 e. The van der Waals surface area contributed by atoms with E-state index in [-0.39, 0.29) is 11.9 Å². The average Bonchev–Trinajstić information content (AvgIpc) is 3.05. The zero-order valence-electron chi connectivity index (χ0n) is 13.0. The van der Waals surface area contributed by atoms with E-state index in [1.54, 1.807) is 0 Å². The van der Waals surface area contributed by atoms with E-state index in [0.29, 0.717) is 11.6 Å². The molecule has 1 aliphatic heterocycles. The highest BCUT2D eigenvalue weighted by molar-refractivity contribution is 5.93. The SMILES string of the molecule is CC(N)C1CCCN(C(=O)c2ccc(-c3ccccc3)[nH]2)C1. The van der Waals surface area contributed by atoms with E-state index < -0.39 is 0 Å². The number of H-pyrrole nitrogens is 1. The van der Waals surface area contributed by atoms with E-state index in [9.17, 15) is 4.79 Å². The summed E-state index contributed by atoms with van der Waals surface area (Å²) in [5.74, 6) is 0.480. The number of hydrogen-bond donors (Lipinski definition) is 2. The van der Waals surface area contributed by atoms with Gasteiger partial charge in [0, 0.05) is 24.8 Å². The zero-order chi connectivity index (χ0) is 15.5. The van der Waals surface area contributed by atoms with Crippen molar-refractivity contribution in [2.24, 2.45) is 11.7 Å². The molecule has 1 saturated heterocycles. The first-order chi connectivity index (χ1) is 10.6. The molecule has 0 saturated carbocycles. The highest BCUT2D eigenvalue weighted by atomic mass is 16.2. The molecule has 4 nitrogen and oxygen atoms in total. The molecule has 22 heavy (non-hydrogen) atoms. The Morgan fingerprint density at radius 3 is 2.77 bits per heavy atom. The molecule has 0 aliphatic carbocycles. The molecule has 0 spiro atoms. The number of carbonyl (C=O) groups is 1. The van der Waals surface area contributed by atoms with Crippen LogP contribution in [0.5, 0.6) is 0 Å². The molecular formula is C18H23N3O. The lowest BCUT2D eigenvalue weighted by Gasteiger charge is -2.34. The van der Waals surface area contributed by atoms with Gasteiger partial charge in [0.2, 0.25) is 0 Å². The summed E-state index contributed by atoms with van der Waals surface area (Å²) in [5.41, 5.74) is 8.73. The molecule has 1 fully saturated rings. The highest BCUT2D eigenvalue weighted by Crippen LogP contribution is 2.22. The van der Waals surface area contributed by atoms with Crippen molar-refractivity contribution >= 4 is 5.91 Å². The zero-order valence-corrected chi connectivity index (χ0v) is 13.0. The second-order valence-electron chi connectivity index (χ2n) is 6.16. The number of nitrogens with two attached hydrogens (primary N) is 1. The van der Waals surface area contributed by atoms with Gasteiger partial charge in [0.25, 0.3) is 5.91 Å². The molecule has 4 heteroatoms. The molecule has 0 radical (unpaired) electrons. The second-order valence-corrected chi connectivity index (χ2v) is 6.16. The lowest BCUT2D eigenvalue weighted by Crippen LogP contribution is -2.45. The first-order valence-corrected chi connectivity index (χ1v) is 7.94. The topological polar surface area (TPSA) is 62.1 Å². The molecule has 2 aromatic rings. The Labute approximate surface area is 131 Å². The van der Waals surface area contributed by atoms with Gasteiger partial charge < -0.3 is 15.6 Å². The van der Waals surface area contributed by atoms with Crippen LogP contribution in [0.1, 0.15) is 30.3 Å². The third kappa shape index (κ3) is 3.07. The number of amides is 1. The molecule has 2 atom stereocenters. The van der Waals surface area contributed by atoms with Crippen molar-refractivity contribution in [3.8, 4) is 11.3 Å². The van der Waals surface area contributed by atoms with Crippen molar-refractivity contribution < 1.29 is 4.79 Å². The van der Waals surface area contributed by atoms with Crippen molar-refractivity contribution in [2.75, 3.05) is 13.1 Å². The third-order valence-corrected chi connectivity index (χ3v) is 4.49. The van der Waals surface area contributed by atoms with Crippen LogP contribution in [0, 0.1) is 5.92 Å². The van der Waals surface area contributed by atoms with Gasteiger partial charge in [-0.3, -0.25) is 4.79 Å². The molecule has 1 aromatic heterocycles. The molecule has 0 bridgehead atoms. The van der Waals surface area contributed by atoms with Crippen LogP contribution in [-0.4, -0.2) is 34.9 Å². The van der Waals surface area contributed by atoms with Gasteiger partial charge in [0.05, 0.1) is 0 Å². The van der Waals surface area contributed by atoms with Crippen molar-refractivity contribution in [3.63, 3.8) is 0 Å². The van der Waals surface area contributed by atoms with Crippen LogP contribution in [0.2, 0.25) is 0 Å². The minimum Gasteiger partial charge on any atom is -0.351 e. The maximum Gasteiger partial charge on any atom is 0.270 e. The van der Waals surface area contributed by atoms with Gasteiger partial charge in [-0.25, -0.2) is 0 Å². The van der Waals surface area contributed by atoms with Gasteiger partial charge in [-0.2, -0.15) is 0 Å². The van der Waals surface area contributed by atoms with Gasteiger partial charge in [0.1, 0.15) is 5.69 Å². The Kier molecular flexibility index (Phi) is 4.29. The number of benzene rings is 1. The van der Waals surface area contributed by atoms with Gasteiger partial charge in [-0.05, 0) is 43.4 Å². The molecular weight excluding hydrogens is 274 g/mol. The Bertz CT molecular complexity index is 633. The second kappa shape index (κ2) is 6.36. The van der Waals surface area contributed by atoms with Gasteiger partial charge >= 0.3 is 0 Å². The van der Waals surface area contributed by atoms with E-state index in [1.807, 2.05) is 54.3 Å². The highest BCUT2D eigenvalue weighted by Gasteiger charge is 2.27. The van der Waals surface area contributed by atoms with Gasteiger partial charge in [0.15, 0.2) is 0 Å². The summed E-state index contributed by atoms with van der Waals surface area (Å²) in [7, 11) is 0. The average molecular weight is 297 g/mol. The summed E-state index contributed by atoms with van der Waals surface area (Å²) >= 11 is 0. The first-order valence-electron chi connectivity index (χ1n) is 7.94. The van der Waals surface area contributed by atoms with Crippen LogP contribution in [0.25, 0.3) is 11.3 Å². The maximum absolute atomic E-state index is 12.7. The monoisotopic (exact) mass is 297 g/mol. The number of likely N-dealkylation sites (tertiary alicyclic amines) is 1. The summed E-state index contributed by atoms with van der Waals surface area (Å²) in [5, 5.41) is 0. The Morgan fingerprint density at radius 2 is 2.05 bits per heavy atom. The standard InChI is InChI=1S/C18H23N3O/c1-13(19)15-8-5-11-21(12-15)18(22)17-10-9-16(20-17)14-6-3-2-4-7-14/h2-4,6-7,9-10,13,15,20H,5,8,11-12,19H2,1H3. The number of piperidine rings is 1. The number of nitrogens with one attached hydrogen (secondary N) is 1. The summed E-state index contributed by atoms with van der Waals surface area (Å²) in [6.45, 7) is 3.61. The number of hydrogen-bond acceptors (Lipinski definition) is 2. The minimum absolute atomic E-state index is 0.0764. The number of aromatic amines is 1. The predicted octanol–water partition coefficient (Wildman–Crippen LogP) is 2.88. The summed E-state index contributed by atoms with van der Waals surface area (Å²) in [6, 6.07) is 14.0.